The van der Waals surface area contributed by atoms with Gasteiger partial charge in [0.05, 0.1) is 5.25 Å². The van der Waals surface area contributed by atoms with Crippen molar-refractivity contribution in [2.24, 2.45) is 0 Å². The molecule has 26 heavy (non-hydrogen) atoms. The van der Waals surface area contributed by atoms with E-state index in [2.05, 4.69) is 15.2 Å². The van der Waals surface area contributed by atoms with Crippen LogP contribution in [0.3, 0.4) is 0 Å². The summed E-state index contributed by atoms with van der Waals surface area (Å²) in [7, 11) is 0. The van der Waals surface area contributed by atoms with Gasteiger partial charge in [0.15, 0.2) is 5.78 Å². The first-order valence-electron chi connectivity index (χ1n) is 8.29. The molecule has 130 valence electrons. The molecule has 6 heteroatoms. The summed E-state index contributed by atoms with van der Waals surface area (Å²) in [6.45, 7) is 3.86. The van der Waals surface area contributed by atoms with Crippen LogP contribution in [0.5, 0.6) is 0 Å². The largest absolute Gasteiger partial charge is 0.411 e. The molecule has 4 rings (SSSR count). The number of fused-ring (bicyclic) bond motifs is 1. The average Bonchev–Trinajstić information content (AvgIpc) is 3.28. The van der Waals surface area contributed by atoms with Gasteiger partial charge in [0.1, 0.15) is 0 Å². The predicted molar refractivity (Wildman–Crippen MR) is 102 cm³/mol. The molecule has 0 saturated heterocycles. The zero-order chi connectivity index (χ0) is 18.1. The van der Waals surface area contributed by atoms with Gasteiger partial charge in [-0.05, 0) is 32.0 Å². The number of hydrogen-bond donors (Lipinski definition) is 1. The first kappa shape index (κ1) is 16.6. The Morgan fingerprint density at radius 3 is 2.85 bits per heavy atom. The van der Waals surface area contributed by atoms with Gasteiger partial charge in [-0.15, -0.1) is 10.2 Å². The van der Waals surface area contributed by atoms with Gasteiger partial charge >= 0.3 is 0 Å². The molecule has 0 aliphatic heterocycles. The summed E-state index contributed by atoms with van der Waals surface area (Å²) in [5.74, 6) is 0.491. The van der Waals surface area contributed by atoms with Crippen LogP contribution in [-0.4, -0.2) is 26.2 Å². The summed E-state index contributed by atoms with van der Waals surface area (Å²) < 4.78 is 5.73. The molecule has 2 aromatic carbocycles. The molecule has 0 amide bonds. The highest BCUT2D eigenvalue weighted by Crippen LogP contribution is 2.29. The first-order valence-corrected chi connectivity index (χ1v) is 9.17. The molecule has 0 saturated carbocycles. The molecule has 2 heterocycles. The molecular formula is C20H17N3O2S. The lowest BCUT2D eigenvalue weighted by atomic mass is 10.1. The van der Waals surface area contributed by atoms with Crippen LogP contribution in [0.1, 0.15) is 22.8 Å². The minimum atomic E-state index is -0.333. The van der Waals surface area contributed by atoms with Crippen LogP contribution in [0.15, 0.2) is 64.4 Å². The van der Waals surface area contributed by atoms with Crippen molar-refractivity contribution in [2.45, 2.75) is 24.3 Å². The maximum absolute atomic E-state index is 12.8. The van der Waals surface area contributed by atoms with Crippen molar-refractivity contribution in [3.8, 4) is 11.5 Å². The number of Topliss-reactive ketones (excluding diaryl/α,β-unsaturated/α-hetero) is 1. The predicted octanol–water partition coefficient (Wildman–Crippen LogP) is 4.89. The second-order valence-electron chi connectivity index (χ2n) is 6.11. The number of aromatic amines is 1. The third-order valence-corrected chi connectivity index (χ3v) is 5.11. The number of thioether (sulfide) groups is 1. The van der Waals surface area contributed by atoms with E-state index in [1.165, 1.54) is 11.8 Å². The van der Waals surface area contributed by atoms with Gasteiger partial charge in [-0.2, -0.15) is 0 Å². The number of carbonyl (C=O) groups excluding carboxylic acids is 1. The standard InChI is InChI=1S/C20H17N3O2S/c1-12-6-5-7-14(10-12)19-22-23-20(25-19)26-13(2)18(24)16-11-21-17-9-4-3-8-15(16)17/h3-11,13,21H,1-2H3/t13-/m1/s1. The summed E-state index contributed by atoms with van der Waals surface area (Å²) >= 11 is 1.27. The van der Waals surface area contributed by atoms with E-state index in [0.717, 1.165) is 22.0 Å². The van der Waals surface area contributed by atoms with Gasteiger partial charge < -0.3 is 9.40 Å². The molecule has 0 radical (unpaired) electrons. The summed E-state index contributed by atoms with van der Waals surface area (Å²) in [6, 6.07) is 15.6. The van der Waals surface area contributed by atoms with Crippen molar-refractivity contribution in [1.29, 1.82) is 0 Å². The van der Waals surface area contributed by atoms with Crippen LogP contribution >= 0.6 is 11.8 Å². The number of H-pyrrole nitrogens is 1. The molecule has 5 nitrogen and oxygen atoms in total. The summed E-state index contributed by atoms with van der Waals surface area (Å²) in [5, 5.41) is 9.16. The minimum absolute atomic E-state index is 0.0303. The average molecular weight is 363 g/mol. The van der Waals surface area contributed by atoms with Crippen LogP contribution in [0.4, 0.5) is 0 Å². The molecule has 2 aromatic heterocycles. The van der Waals surface area contributed by atoms with Crippen molar-refractivity contribution in [1.82, 2.24) is 15.2 Å². The molecule has 0 unspecified atom stereocenters. The van der Waals surface area contributed by atoms with Gasteiger partial charge in [-0.1, -0.05) is 47.7 Å². The van der Waals surface area contributed by atoms with Gasteiger partial charge in [-0.3, -0.25) is 4.79 Å². The van der Waals surface area contributed by atoms with Crippen LogP contribution < -0.4 is 0 Å². The van der Waals surface area contributed by atoms with E-state index in [4.69, 9.17) is 4.42 Å². The molecule has 0 spiro atoms. The third-order valence-electron chi connectivity index (χ3n) is 4.17. The second kappa shape index (κ2) is 6.80. The Balaban J connectivity index is 1.53. The van der Waals surface area contributed by atoms with Crippen molar-refractivity contribution in [3.05, 3.63) is 65.9 Å². The number of aromatic nitrogens is 3. The Morgan fingerprint density at radius 2 is 2.00 bits per heavy atom. The number of nitrogens with zero attached hydrogens (tertiary/aromatic N) is 2. The number of carbonyl (C=O) groups is 1. The quantitative estimate of drug-likeness (QED) is 0.404. The lowest BCUT2D eigenvalue weighted by molar-refractivity contribution is 0.0995. The molecule has 4 aromatic rings. The Bertz CT molecular complexity index is 1080. The highest BCUT2D eigenvalue weighted by molar-refractivity contribution is 8.00. The van der Waals surface area contributed by atoms with E-state index in [0.29, 0.717) is 16.7 Å². The summed E-state index contributed by atoms with van der Waals surface area (Å²) in [6.07, 6.45) is 1.76. The number of aryl methyl sites for hydroxylation is 1. The van der Waals surface area contributed by atoms with Crippen molar-refractivity contribution in [3.63, 3.8) is 0 Å². The number of rotatable bonds is 5. The highest BCUT2D eigenvalue weighted by Gasteiger charge is 2.22. The molecule has 0 aliphatic rings. The SMILES string of the molecule is Cc1cccc(-c2nnc(S[C@H](C)C(=O)c3c[nH]c4ccccc34)o2)c1. The van der Waals surface area contributed by atoms with E-state index >= 15 is 0 Å². The Kier molecular flexibility index (Phi) is 4.34. The fraction of sp³-hybridized carbons (Fsp3) is 0.150. The molecule has 0 aliphatic carbocycles. The number of hydrogen-bond acceptors (Lipinski definition) is 5. The van der Waals surface area contributed by atoms with Gasteiger partial charge in [0.2, 0.25) is 5.89 Å². The number of nitrogens with one attached hydrogen (secondary N) is 1. The fourth-order valence-electron chi connectivity index (χ4n) is 2.85. The van der Waals surface area contributed by atoms with Crippen LogP contribution in [0, 0.1) is 6.92 Å². The van der Waals surface area contributed by atoms with E-state index in [-0.39, 0.29) is 11.0 Å². The third kappa shape index (κ3) is 3.15. The summed E-state index contributed by atoms with van der Waals surface area (Å²) in [4.78, 5) is 16.0. The lowest BCUT2D eigenvalue weighted by Crippen LogP contribution is -2.13. The van der Waals surface area contributed by atoms with E-state index in [1.54, 1.807) is 6.20 Å². The number of benzene rings is 2. The zero-order valence-electron chi connectivity index (χ0n) is 14.4. The minimum Gasteiger partial charge on any atom is -0.411 e. The molecular weight excluding hydrogens is 346 g/mol. The van der Waals surface area contributed by atoms with Crippen molar-refractivity contribution >= 4 is 28.4 Å². The van der Waals surface area contributed by atoms with Crippen LogP contribution in [0.2, 0.25) is 0 Å². The Hall–Kier alpha value is -2.86. The smallest absolute Gasteiger partial charge is 0.277 e. The zero-order valence-corrected chi connectivity index (χ0v) is 15.2. The lowest BCUT2D eigenvalue weighted by Gasteiger charge is -2.06. The Labute approximate surface area is 154 Å². The van der Waals surface area contributed by atoms with Crippen LogP contribution in [0.25, 0.3) is 22.4 Å². The second-order valence-corrected chi connectivity index (χ2v) is 7.41. The monoisotopic (exact) mass is 363 g/mol. The maximum Gasteiger partial charge on any atom is 0.277 e. The van der Waals surface area contributed by atoms with Crippen molar-refractivity contribution < 1.29 is 9.21 Å². The van der Waals surface area contributed by atoms with Crippen molar-refractivity contribution in [2.75, 3.05) is 0 Å². The number of ketones is 1. The Morgan fingerprint density at radius 1 is 1.15 bits per heavy atom. The molecule has 0 bridgehead atoms. The van der Waals surface area contributed by atoms with E-state index in [1.807, 2.05) is 62.4 Å². The van der Waals surface area contributed by atoms with Gasteiger partial charge in [0.25, 0.3) is 5.22 Å². The summed E-state index contributed by atoms with van der Waals surface area (Å²) in [5.41, 5.74) is 3.63. The van der Waals surface area contributed by atoms with E-state index < -0.39 is 0 Å². The fourth-order valence-corrected chi connectivity index (χ4v) is 3.60. The first-order chi connectivity index (χ1) is 12.6. The topological polar surface area (TPSA) is 71.8 Å². The maximum atomic E-state index is 12.8. The highest BCUT2D eigenvalue weighted by atomic mass is 32.2. The van der Waals surface area contributed by atoms with E-state index in [9.17, 15) is 4.79 Å². The normalized spacial score (nSPS) is 12.4. The molecule has 1 N–H and O–H groups in total. The molecule has 1 atom stereocenters. The molecule has 0 fully saturated rings. The van der Waals surface area contributed by atoms with Gasteiger partial charge in [-0.25, -0.2) is 0 Å². The van der Waals surface area contributed by atoms with Crippen LogP contribution in [-0.2, 0) is 0 Å². The number of para-hydroxylation sites is 1. The van der Waals surface area contributed by atoms with Gasteiger partial charge in [0, 0.05) is 28.2 Å².